The zero-order valence-electron chi connectivity index (χ0n) is 12.2. The van der Waals surface area contributed by atoms with Crippen LogP contribution in [0.25, 0.3) is 0 Å². The van der Waals surface area contributed by atoms with Gasteiger partial charge in [0.25, 0.3) is 5.91 Å². The zero-order valence-corrected chi connectivity index (χ0v) is 14.5. The number of hydrogen-bond acceptors (Lipinski definition) is 5. The van der Waals surface area contributed by atoms with Crippen molar-refractivity contribution in [3.63, 3.8) is 0 Å². The van der Waals surface area contributed by atoms with Crippen LogP contribution in [0.3, 0.4) is 0 Å². The quantitative estimate of drug-likeness (QED) is 0.463. The first-order valence-electron chi connectivity index (χ1n) is 6.59. The van der Waals surface area contributed by atoms with Gasteiger partial charge in [-0.3, -0.25) is 9.78 Å². The molecule has 0 aliphatic carbocycles. The highest BCUT2D eigenvalue weighted by Gasteiger charge is 2.04. The summed E-state index contributed by atoms with van der Waals surface area (Å²) in [7, 11) is 0. The lowest BCUT2D eigenvalue weighted by molar-refractivity contribution is -0.119. The van der Waals surface area contributed by atoms with Gasteiger partial charge < -0.3 is 5.32 Å². The number of carbonyl (C=O) groups is 1. The summed E-state index contributed by atoms with van der Waals surface area (Å²) in [5.41, 5.74) is 3.78. The molecule has 0 aliphatic rings. The third kappa shape index (κ3) is 5.42. The van der Waals surface area contributed by atoms with E-state index in [1.165, 1.54) is 18.6 Å². The topological polar surface area (TPSA) is 66.4 Å². The van der Waals surface area contributed by atoms with E-state index >= 15 is 0 Å². The number of nitrogens with zero attached hydrogens (tertiary/aromatic N) is 2. The molecule has 1 aromatic heterocycles. The molecule has 23 heavy (non-hydrogen) atoms. The van der Waals surface area contributed by atoms with Crippen molar-refractivity contribution in [2.45, 2.75) is 4.90 Å². The zero-order chi connectivity index (χ0) is 16.7. The predicted molar refractivity (Wildman–Crippen MR) is 96.7 cm³/mol. The molecular weight excluding hydrogens is 355 g/mol. The summed E-state index contributed by atoms with van der Waals surface area (Å²) in [6.07, 6.45) is 6.29. The molecular formula is C15H14Cl2N4OS. The molecule has 8 heteroatoms. The lowest BCUT2D eigenvalue weighted by atomic mass is 10.3. The molecule has 0 spiro atoms. The van der Waals surface area contributed by atoms with Gasteiger partial charge >= 0.3 is 0 Å². The average molecular weight is 369 g/mol. The minimum atomic E-state index is -0.280. The SMILES string of the molecule is CSc1cccc(NCC(=O)NN=Cc2c(Cl)cncc2Cl)c1. The van der Waals surface area contributed by atoms with E-state index in [9.17, 15) is 4.79 Å². The molecule has 2 aromatic rings. The molecule has 0 fully saturated rings. The standard InChI is InChI=1S/C15H14Cl2N4OS/c1-23-11-4-2-3-10(5-11)19-9-15(22)21-20-6-12-13(16)7-18-8-14(12)17/h2-8,19H,9H2,1H3,(H,21,22). The Hall–Kier alpha value is -1.76. The van der Waals surface area contributed by atoms with Crippen molar-refractivity contribution in [1.29, 1.82) is 0 Å². The van der Waals surface area contributed by atoms with Crippen molar-refractivity contribution in [1.82, 2.24) is 10.4 Å². The van der Waals surface area contributed by atoms with Crippen LogP contribution in [0.5, 0.6) is 0 Å². The number of carbonyl (C=O) groups excluding carboxylic acids is 1. The normalized spacial score (nSPS) is 10.7. The maximum absolute atomic E-state index is 11.8. The molecule has 0 aliphatic heterocycles. The molecule has 0 saturated heterocycles. The molecule has 0 saturated carbocycles. The number of pyridine rings is 1. The minimum absolute atomic E-state index is 0.104. The fraction of sp³-hybridized carbons (Fsp3) is 0.133. The molecule has 2 N–H and O–H groups in total. The highest BCUT2D eigenvalue weighted by atomic mass is 35.5. The van der Waals surface area contributed by atoms with E-state index in [0.29, 0.717) is 15.6 Å². The van der Waals surface area contributed by atoms with Crippen molar-refractivity contribution >= 4 is 52.8 Å². The summed E-state index contributed by atoms with van der Waals surface area (Å²) in [6, 6.07) is 7.80. The van der Waals surface area contributed by atoms with Crippen molar-refractivity contribution in [3.8, 4) is 0 Å². The van der Waals surface area contributed by atoms with E-state index in [2.05, 4.69) is 20.8 Å². The lowest BCUT2D eigenvalue weighted by Crippen LogP contribution is -2.25. The van der Waals surface area contributed by atoms with Gasteiger partial charge in [0.05, 0.1) is 22.8 Å². The molecule has 0 radical (unpaired) electrons. The summed E-state index contributed by atoms with van der Waals surface area (Å²) in [4.78, 5) is 16.7. The maximum atomic E-state index is 11.8. The van der Waals surface area contributed by atoms with Gasteiger partial charge in [-0.2, -0.15) is 5.10 Å². The first-order valence-corrected chi connectivity index (χ1v) is 8.57. The first-order chi connectivity index (χ1) is 11.1. The fourth-order valence-electron chi connectivity index (χ4n) is 1.67. The number of hydrazone groups is 1. The Labute approximate surface area is 148 Å². The molecule has 2 rings (SSSR count). The molecule has 0 bridgehead atoms. The second-order valence-corrected chi connectivity index (χ2v) is 6.09. The summed E-state index contributed by atoms with van der Waals surface area (Å²) in [5, 5.41) is 7.60. The average Bonchev–Trinajstić information content (AvgIpc) is 2.56. The van der Waals surface area contributed by atoms with E-state index in [-0.39, 0.29) is 12.5 Å². The van der Waals surface area contributed by atoms with E-state index in [0.717, 1.165) is 10.6 Å². The Morgan fingerprint density at radius 2 is 2.09 bits per heavy atom. The largest absolute Gasteiger partial charge is 0.376 e. The van der Waals surface area contributed by atoms with Gasteiger partial charge in [0.1, 0.15) is 0 Å². The Kier molecular flexibility index (Phi) is 6.70. The third-order valence-corrected chi connectivity index (χ3v) is 4.12. The summed E-state index contributed by atoms with van der Waals surface area (Å²) in [5.74, 6) is -0.280. The molecule has 0 atom stereocenters. The van der Waals surface area contributed by atoms with E-state index < -0.39 is 0 Å². The summed E-state index contributed by atoms with van der Waals surface area (Å²) >= 11 is 13.5. The van der Waals surface area contributed by atoms with Gasteiger partial charge in [-0.1, -0.05) is 29.3 Å². The van der Waals surface area contributed by atoms with Crippen molar-refractivity contribution in [2.24, 2.45) is 5.10 Å². The summed E-state index contributed by atoms with van der Waals surface area (Å²) < 4.78 is 0. The van der Waals surface area contributed by atoms with Crippen LogP contribution in [-0.2, 0) is 4.79 Å². The molecule has 1 heterocycles. The number of benzene rings is 1. The molecule has 1 amide bonds. The van der Waals surface area contributed by atoms with Crippen LogP contribution in [0.1, 0.15) is 5.56 Å². The van der Waals surface area contributed by atoms with Crippen LogP contribution in [0.2, 0.25) is 10.0 Å². The van der Waals surface area contributed by atoms with Crippen molar-refractivity contribution in [2.75, 3.05) is 18.1 Å². The number of halogens is 2. The van der Waals surface area contributed by atoms with Gasteiger partial charge in [0.2, 0.25) is 0 Å². The number of aromatic nitrogens is 1. The minimum Gasteiger partial charge on any atom is -0.376 e. The second-order valence-electron chi connectivity index (χ2n) is 4.40. The van der Waals surface area contributed by atoms with Gasteiger partial charge in [0.15, 0.2) is 0 Å². The number of nitrogens with one attached hydrogen (secondary N) is 2. The van der Waals surface area contributed by atoms with Crippen molar-refractivity contribution in [3.05, 3.63) is 52.3 Å². The number of rotatable bonds is 6. The van der Waals surface area contributed by atoms with Crippen LogP contribution >= 0.6 is 35.0 Å². The first kappa shape index (κ1) is 17.6. The number of thioether (sulfide) groups is 1. The second kappa shape index (κ2) is 8.76. The monoisotopic (exact) mass is 368 g/mol. The van der Waals surface area contributed by atoms with Crippen LogP contribution in [0.4, 0.5) is 5.69 Å². The Morgan fingerprint density at radius 1 is 1.35 bits per heavy atom. The van der Waals surface area contributed by atoms with E-state index in [4.69, 9.17) is 23.2 Å². The van der Waals surface area contributed by atoms with Crippen molar-refractivity contribution < 1.29 is 4.79 Å². The number of hydrogen-bond donors (Lipinski definition) is 2. The maximum Gasteiger partial charge on any atom is 0.259 e. The van der Waals surface area contributed by atoms with Gasteiger partial charge in [0, 0.05) is 28.5 Å². The number of anilines is 1. The molecule has 120 valence electrons. The van der Waals surface area contributed by atoms with E-state index in [1.54, 1.807) is 11.8 Å². The van der Waals surface area contributed by atoms with Gasteiger partial charge in [-0.05, 0) is 24.5 Å². The van der Waals surface area contributed by atoms with Crippen LogP contribution in [0.15, 0.2) is 46.7 Å². The predicted octanol–water partition coefficient (Wildman–Crippen LogP) is 3.67. The third-order valence-electron chi connectivity index (χ3n) is 2.80. The Bertz CT molecular complexity index is 704. The van der Waals surface area contributed by atoms with Gasteiger partial charge in [-0.25, -0.2) is 5.43 Å². The molecule has 5 nitrogen and oxygen atoms in total. The Morgan fingerprint density at radius 3 is 2.78 bits per heavy atom. The lowest BCUT2D eigenvalue weighted by Gasteiger charge is -2.06. The highest BCUT2D eigenvalue weighted by molar-refractivity contribution is 7.98. The number of amides is 1. The Balaban J connectivity index is 1.86. The fourth-order valence-corrected chi connectivity index (χ4v) is 2.59. The van der Waals surface area contributed by atoms with E-state index in [1.807, 2.05) is 30.5 Å². The molecule has 0 unspecified atom stereocenters. The van der Waals surface area contributed by atoms with Gasteiger partial charge in [-0.15, -0.1) is 11.8 Å². The molecule has 1 aromatic carbocycles. The summed E-state index contributed by atoms with van der Waals surface area (Å²) in [6.45, 7) is 0.104. The highest BCUT2D eigenvalue weighted by Crippen LogP contribution is 2.20. The van der Waals surface area contributed by atoms with Crippen LogP contribution in [0, 0.1) is 0 Å². The van der Waals surface area contributed by atoms with Crippen LogP contribution < -0.4 is 10.7 Å². The van der Waals surface area contributed by atoms with Crippen LogP contribution in [-0.4, -0.2) is 29.9 Å². The smallest absolute Gasteiger partial charge is 0.259 e.